The first-order valence-electron chi connectivity index (χ1n) is 7.61. The van der Waals surface area contributed by atoms with E-state index in [0.717, 1.165) is 18.7 Å². The van der Waals surface area contributed by atoms with Crippen LogP contribution in [-0.4, -0.2) is 38.6 Å². The Morgan fingerprint density at radius 2 is 2.09 bits per heavy atom. The Morgan fingerprint density at radius 3 is 2.74 bits per heavy atom. The van der Waals surface area contributed by atoms with E-state index >= 15 is 0 Å². The molecule has 0 radical (unpaired) electrons. The van der Waals surface area contributed by atoms with E-state index in [-0.39, 0.29) is 18.5 Å². The first-order chi connectivity index (χ1) is 11.0. The van der Waals surface area contributed by atoms with E-state index < -0.39 is 5.97 Å². The van der Waals surface area contributed by atoms with Crippen molar-refractivity contribution < 1.29 is 14.3 Å². The molecule has 0 aromatic carbocycles. The van der Waals surface area contributed by atoms with Gasteiger partial charge in [0, 0.05) is 11.6 Å². The molecule has 1 fully saturated rings. The first-order valence-corrected chi connectivity index (χ1v) is 7.61. The van der Waals surface area contributed by atoms with Gasteiger partial charge in [-0.05, 0) is 39.2 Å². The van der Waals surface area contributed by atoms with Crippen LogP contribution in [0.5, 0.6) is 0 Å². The van der Waals surface area contributed by atoms with Crippen molar-refractivity contribution >= 4 is 17.8 Å². The molecule has 8 heteroatoms. The number of hydrogen-bond acceptors (Lipinski definition) is 5. The highest BCUT2D eigenvalue weighted by Gasteiger charge is 2.28. The van der Waals surface area contributed by atoms with E-state index in [1.165, 1.54) is 0 Å². The Kier molecular flexibility index (Phi) is 3.89. The van der Waals surface area contributed by atoms with Crippen LogP contribution in [0.25, 0.3) is 0 Å². The third-order valence-electron chi connectivity index (χ3n) is 3.84. The number of H-pyrrole nitrogens is 2. The number of rotatable bonds is 5. The molecule has 122 valence electrons. The molecule has 2 heterocycles. The second-order valence-corrected chi connectivity index (χ2v) is 5.62. The average Bonchev–Trinajstić information content (AvgIpc) is 3.17. The van der Waals surface area contributed by atoms with Gasteiger partial charge < -0.3 is 9.72 Å². The third-order valence-corrected chi connectivity index (χ3v) is 3.84. The lowest BCUT2D eigenvalue weighted by atomic mass is 10.1. The predicted molar refractivity (Wildman–Crippen MR) is 82.5 cm³/mol. The van der Waals surface area contributed by atoms with Crippen LogP contribution >= 0.6 is 0 Å². The molecule has 23 heavy (non-hydrogen) atoms. The lowest BCUT2D eigenvalue weighted by molar-refractivity contribution is 0.0519. The van der Waals surface area contributed by atoms with Crippen molar-refractivity contribution in [2.75, 3.05) is 11.9 Å². The van der Waals surface area contributed by atoms with Crippen molar-refractivity contribution in [2.24, 2.45) is 0 Å². The maximum absolute atomic E-state index is 12.5. The summed E-state index contributed by atoms with van der Waals surface area (Å²) in [5.74, 6) is 0.651. The fourth-order valence-electron chi connectivity index (χ4n) is 2.53. The molecule has 3 N–H and O–H groups in total. The van der Waals surface area contributed by atoms with Crippen LogP contribution in [0.3, 0.4) is 0 Å². The summed E-state index contributed by atoms with van der Waals surface area (Å²) in [4.78, 5) is 31.5. The fraction of sp³-hybridized carbons (Fsp3) is 0.467. The SMILES string of the molecule is CCOC(=O)c1[nH]c(C)c(C(=O)Nc2n[nH]c(C3CC3)n2)c1C. The summed E-state index contributed by atoms with van der Waals surface area (Å²) in [5, 5.41) is 9.50. The summed E-state index contributed by atoms with van der Waals surface area (Å²) < 4.78 is 4.98. The zero-order valence-electron chi connectivity index (χ0n) is 13.3. The van der Waals surface area contributed by atoms with Crippen molar-refractivity contribution in [1.29, 1.82) is 0 Å². The van der Waals surface area contributed by atoms with Crippen LogP contribution in [0.2, 0.25) is 0 Å². The van der Waals surface area contributed by atoms with Gasteiger partial charge in [-0.3, -0.25) is 15.2 Å². The minimum absolute atomic E-state index is 0.245. The Balaban J connectivity index is 1.79. The Labute approximate surface area is 133 Å². The Morgan fingerprint density at radius 1 is 1.35 bits per heavy atom. The summed E-state index contributed by atoms with van der Waals surface area (Å²) in [6, 6.07) is 0. The molecule has 1 saturated carbocycles. The second-order valence-electron chi connectivity index (χ2n) is 5.62. The topological polar surface area (TPSA) is 113 Å². The van der Waals surface area contributed by atoms with Crippen molar-refractivity contribution in [1.82, 2.24) is 20.2 Å². The normalized spacial score (nSPS) is 13.9. The molecule has 0 atom stereocenters. The Hall–Kier alpha value is -2.64. The molecule has 0 spiro atoms. The van der Waals surface area contributed by atoms with Crippen LogP contribution < -0.4 is 5.32 Å². The number of aromatic amines is 2. The quantitative estimate of drug-likeness (QED) is 0.731. The molecule has 0 bridgehead atoms. The number of nitrogens with one attached hydrogen (secondary N) is 3. The lowest BCUT2D eigenvalue weighted by Crippen LogP contribution is -2.15. The molecular formula is C15H19N5O3. The van der Waals surface area contributed by atoms with E-state index in [1.54, 1.807) is 20.8 Å². The number of carbonyl (C=O) groups is 2. The summed E-state index contributed by atoms with van der Waals surface area (Å²) in [6.45, 7) is 5.45. The number of nitrogens with zero attached hydrogens (tertiary/aromatic N) is 2. The minimum atomic E-state index is -0.471. The molecule has 0 saturated heterocycles. The molecule has 2 aromatic rings. The summed E-state index contributed by atoms with van der Waals surface area (Å²) >= 11 is 0. The smallest absolute Gasteiger partial charge is 0.355 e. The standard InChI is InChI=1S/C15H19N5O3/c1-4-23-14(22)11-7(2)10(8(3)16-11)13(21)18-15-17-12(19-20-15)9-5-6-9/h9,16H,4-6H2,1-3H3,(H2,17,18,19,20,21). The summed E-state index contributed by atoms with van der Waals surface area (Å²) in [6.07, 6.45) is 2.20. The zero-order chi connectivity index (χ0) is 16.6. The summed E-state index contributed by atoms with van der Waals surface area (Å²) in [5.41, 5.74) is 1.85. The fourth-order valence-corrected chi connectivity index (χ4v) is 2.53. The van der Waals surface area contributed by atoms with Gasteiger partial charge >= 0.3 is 5.97 Å². The van der Waals surface area contributed by atoms with E-state index in [4.69, 9.17) is 4.74 Å². The summed E-state index contributed by atoms with van der Waals surface area (Å²) in [7, 11) is 0. The lowest BCUT2D eigenvalue weighted by Gasteiger charge is -2.03. The van der Waals surface area contributed by atoms with Crippen molar-refractivity contribution in [3.8, 4) is 0 Å². The molecule has 1 aliphatic rings. The second kappa shape index (κ2) is 5.86. The molecular weight excluding hydrogens is 298 g/mol. The zero-order valence-corrected chi connectivity index (χ0v) is 13.3. The van der Waals surface area contributed by atoms with Crippen molar-refractivity contribution in [3.05, 3.63) is 28.3 Å². The van der Waals surface area contributed by atoms with Gasteiger partial charge in [0.1, 0.15) is 11.5 Å². The van der Waals surface area contributed by atoms with E-state index in [9.17, 15) is 9.59 Å². The monoisotopic (exact) mass is 317 g/mol. The Bertz CT molecular complexity index is 757. The molecule has 1 aliphatic carbocycles. The van der Waals surface area contributed by atoms with Gasteiger partial charge in [0.2, 0.25) is 5.95 Å². The number of anilines is 1. The van der Waals surface area contributed by atoms with Gasteiger partial charge in [0.15, 0.2) is 0 Å². The molecule has 3 rings (SSSR count). The highest BCUT2D eigenvalue weighted by Crippen LogP contribution is 2.38. The van der Waals surface area contributed by atoms with Gasteiger partial charge in [-0.15, -0.1) is 5.10 Å². The van der Waals surface area contributed by atoms with E-state index in [1.807, 2.05) is 0 Å². The number of hydrogen-bond donors (Lipinski definition) is 3. The van der Waals surface area contributed by atoms with E-state index in [2.05, 4.69) is 25.5 Å². The highest BCUT2D eigenvalue weighted by molar-refractivity contribution is 6.07. The molecule has 1 amide bonds. The third kappa shape index (κ3) is 2.96. The van der Waals surface area contributed by atoms with Crippen LogP contribution in [0.15, 0.2) is 0 Å². The highest BCUT2D eigenvalue weighted by atomic mass is 16.5. The number of aryl methyl sites for hydroxylation is 1. The number of aromatic nitrogens is 4. The number of esters is 1. The molecule has 0 unspecified atom stereocenters. The molecule has 0 aliphatic heterocycles. The van der Waals surface area contributed by atoms with Crippen molar-refractivity contribution in [3.63, 3.8) is 0 Å². The largest absolute Gasteiger partial charge is 0.461 e. The predicted octanol–water partition coefficient (Wildman–Crippen LogP) is 2.06. The number of carbonyl (C=O) groups excluding carboxylic acids is 2. The van der Waals surface area contributed by atoms with Gasteiger partial charge in [0.05, 0.1) is 12.2 Å². The maximum Gasteiger partial charge on any atom is 0.355 e. The van der Waals surface area contributed by atoms with Crippen LogP contribution in [-0.2, 0) is 4.74 Å². The van der Waals surface area contributed by atoms with Crippen LogP contribution in [0.4, 0.5) is 5.95 Å². The van der Waals surface area contributed by atoms with Crippen LogP contribution in [0, 0.1) is 13.8 Å². The minimum Gasteiger partial charge on any atom is -0.461 e. The number of ether oxygens (including phenoxy) is 1. The molecule has 8 nitrogen and oxygen atoms in total. The molecule has 2 aromatic heterocycles. The first kappa shape index (κ1) is 15.3. The average molecular weight is 317 g/mol. The number of amides is 1. The van der Waals surface area contributed by atoms with Crippen LogP contribution in [0.1, 0.15) is 63.6 Å². The maximum atomic E-state index is 12.5. The van der Waals surface area contributed by atoms with Gasteiger partial charge in [-0.2, -0.15) is 4.98 Å². The van der Waals surface area contributed by atoms with Crippen molar-refractivity contribution in [2.45, 2.75) is 39.5 Å². The van der Waals surface area contributed by atoms with E-state index in [0.29, 0.717) is 28.4 Å². The van der Waals surface area contributed by atoms with Gasteiger partial charge in [0.25, 0.3) is 5.91 Å². The van der Waals surface area contributed by atoms with Gasteiger partial charge in [-0.25, -0.2) is 4.79 Å². The van der Waals surface area contributed by atoms with Gasteiger partial charge in [-0.1, -0.05) is 0 Å².